The molecule has 0 aliphatic rings. The van der Waals surface area contributed by atoms with Crippen molar-refractivity contribution in [2.75, 3.05) is 6.79 Å². The van der Waals surface area contributed by atoms with Crippen LogP contribution in [0.2, 0.25) is 0 Å². The minimum absolute atomic E-state index is 0.389. The molecule has 0 heterocycles. The Morgan fingerprint density at radius 1 is 1.24 bits per heavy atom. The summed E-state index contributed by atoms with van der Waals surface area (Å²) in [5.74, 6) is -1.09. The van der Waals surface area contributed by atoms with Gasteiger partial charge in [-0.15, -0.1) is 0 Å². The van der Waals surface area contributed by atoms with Crippen molar-refractivity contribution in [2.24, 2.45) is 5.73 Å². The molecule has 0 aliphatic heterocycles. The molecule has 0 saturated carbocycles. The van der Waals surface area contributed by atoms with Crippen LogP contribution in [0.25, 0.3) is 0 Å². The van der Waals surface area contributed by atoms with Crippen molar-refractivity contribution in [3.63, 3.8) is 0 Å². The second-order valence-electron chi connectivity index (χ2n) is 3.51. The Kier molecular flexibility index (Phi) is 5.16. The van der Waals surface area contributed by atoms with Crippen molar-refractivity contribution in [1.82, 2.24) is 0 Å². The molecule has 17 heavy (non-hydrogen) atoms. The molecule has 0 radical (unpaired) electrons. The monoisotopic (exact) mass is 237 g/mol. The molecule has 0 fully saturated rings. The van der Waals surface area contributed by atoms with E-state index in [1.165, 1.54) is 6.92 Å². The van der Waals surface area contributed by atoms with Crippen LogP contribution in [-0.2, 0) is 25.5 Å². The van der Waals surface area contributed by atoms with E-state index in [1.807, 2.05) is 30.3 Å². The van der Waals surface area contributed by atoms with Gasteiger partial charge in [-0.05, 0) is 12.0 Å². The first-order valence-corrected chi connectivity index (χ1v) is 5.19. The van der Waals surface area contributed by atoms with E-state index < -0.39 is 24.8 Å². The summed E-state index contributed by atoms with van der Waals surface area (Å²) in [7, 11) is 0. The fraction of sp³-hybridized carbons (Fsp3) is 0.333. The Bertz CT molecular complexity index is 377. The maximum atomic E-state index is 11.4. The normalized spacial score (nSPS) is 11.6. The second kappa shape index (κ2) is 6.65. The second-order valence-corrected chi connectivity index (χ2v) is 3.51. The highest BCUT2D eigenvalue weighted by Crippen LogP contribution is 2.02. The van der Waals surface area contributed by atoms with E-state index >= 15 is 0 Å². The number of carbonyl (C=O) groups excluding carboxylic acids is 2. The molecule has 5 heteroatoms. The smallest absolute Gasteiger partial charge is 0.326 e. The Morgan fingerprint density at radius 3 is 2.47 bits per heavy atom. The minimum atomic E-state index is -0.757. The van der Waals surface area contributed by atoms with Gasteiger partial charge in [-0.2, -0.15) is 0 Å². The van der Waals surface area contributed by atoms with Crippen LogP contribution in [0.1, 0.15) is 12.5 Å². The van der Waals surface area contributed by atoms with Crippen molar-refractivity contribution in [3.05, 3.63) is 35.9 Å². The van der Waals surface area contributed by atoms with Crippen molar-refractivity contribution < 1.29 is 19.1 Å². The first kappa shape index (κ1) is 13.2. The number of hydrogen-bond donors (Lipinski definition) is 1. The standard InChI is InChI=1S/C12H15NO4/c1-9(14)16-8-17-12(15)11(13)7-10-5-3-2-4-6-10/h2-6,11H,7-8,13H2,1H3. The van der Waals surface area contributed by atoms with Gasteiger partial charge in [-0.3, -0.25) is 9.59 Å². The fourth-order valence-corrected chi connectivity index (χ4v) is 1.23. The van der Waals surface area contributed by atoms with E-state index in [4.69, 9.17) is 5.73 Å². The SMILES string of the molecule is CC(=O)OCOC(=O)C(N)Cc1ccccc1. The van der Waals surface area contributed by atoms with Gasteiger partial charge >= 0.3 is 11.9 Å². The summed E-state index contributed by atoms with van der Waals surface area (Å²) in [5, 5.41) is 0. The highest BCUT2D eigenvalue weighted by atomic mass is 16.7. The zero-order valence-corrected chi connectivity index (χ0v) is 9.59. The molecule has 0 aliphatic carbocycles. The van der Waals surface area contributed by atoms with Gasteiger partial charge in [0.05, 0.1) is 0 Å². The molecule has 0 aromatic heterocycles. The van der Waals surface area contributed by atoms with Crippen LogP contribution in [0.15, 0.2) is 30.3 Å². The van der Waals surface area contributed by atoms with Crippen LogP contribution in [0.3, 0.4) is 0 Å². The number of carbonyl (C=O) groups is 2. The average Bonchev–Trinajstić information content (AvgIpc) is 2.29. The molecule has 0 bridgehead atoms. The van der Waals surface area contributed by atoms with Gasteiger partial charge in [-0.25, -0.2) is 0 Å². The number of ether oxygens (including phenoxy) is 2. The summed E-state index contributed by atoms with van der Waals surface area (Å²) < 4.78 is 9.16. The maximum absolute atomic E-state index is 11.4. The number of hydrogen-bond acceptors (Lipinski definition) is 5. The summed E-state index contributed by atoms with van der Waals surface area (Å²) in [6.07, 6.45) is 0.389. The first-order chi connectivity index (χ1) is 8.09. The van der Waals surface area contributed by atoms with Crippen LogP contribution >= 0.6 is 0 Å². The molecule has 1 unspecified atom stereocenters. The van der Waals surface area contributed by atoms with E-state index in [1.54, 1.807) is 0 Å². The highest BCUT2D eigenvalue weighted by Gasteiger charge is 2.15. The molecule has 1 atom stereocenters. The molecule has 1 aromatic rings. The van der Waals surface area contributed by atoms with Crippen LogP contribution in [0, 0.1) is 0 Å². The van der Waals surface area contributed by atoms with Crippen molar-refractivity contribution in [1.29, 1.82) is 0 Å². The molecule has 1 rings (SSSR count). The summed E-state index contributed by atoms with van der Waals surface area (Å²) >= 11 is 0. The molecule has 0 amide bonds. The van der Waals surface area contributed by atoms with Crippen LogP contribution in [0.4, 0.5) is 0 Å². The van der Waals surface area contributed by atoms with Gasteiger partial charge in [0.2, 0.25) is 6.79 Å². The summed E-state index contributed by atoms with van der Waals surface area (Å²) in [6.45, 7) is 0.842. The first-order valence-electron chi connectivity index (χ1n) is 5.19. The maximum Gasteiger partial charge on any atom is 0.326 e. The predicted octanol–water partition coefficient (Wildman–Crippen LogP) is 0.620. The average molecular weight is 237 g/mol. The molecule has 2 N–H and O–H groups in total. The molecule has 5 nitrogen and oxygen atoms in total. The van der Waals surface area contributed by atoms with Crippen molar-refractivity contribution >= 4 is 11.9 Å². The third kappa shape index (κ3) is 5.12. The predicted molar refractivity (Wildman–Crippen MR) is 60.8 cm³/mol. The lowest BCUT2D eigenvalue weighted by atomic mass is 10.1. The summed E-state index contributed by atoms with van der Waals surface area (Å²) in [5.41, 5.74) is 6.60. The minimum Gasteiger partial charge on any atom is -0.428 e. The van der Waals surface area contributed by atoms with Gasteiger partial charge in [0, 0.05) is 6.92 Å². The largest absolute Gasteiger partial charge is 0.428 e. The highest BCUT2D eigenvalue weighted by molar-refractivity contribution is 5.76. The quantitative estimate of drug-likeness (QED) is 0.600. The van der Waals surface area contributed by atoms with Crippen molar-refractivity contribution in [3.8, 4) is 0 Å². The Labute approximate surface area is 99.5 Å². The van der Waals surface area contributed by atoms with E-state index in [9.17, 15) is 9.59 Å². The van der Waals surface area contributed by atoms with E-state index in [-0.39, 0.29) is 0 Å². The summed E-state index contributed by atoms with van der Waals surface area (Å²) in [6, 6.07) is 8.61. The van der Waals surface area contributed by atoms with E-state index in [0.29, 0.717) is 6.42 Å². The van der Waals surface area contributed by atoms with Gasteiger partial charge in [0.15, 0.2) is 0 Å². The molecular formula is C12H15NO4. The Hall–Kier alpha value is -1.88. The van der Waals surface area contributed by atoms with E-state index in [2.05, 4.69) is 9.47 Å². The van der Waals surface area contributed by atoms with Crippen LogP contribution < -0.4 is 5.73 Å². The topological polar surface area (TPSA) is 78.6 Å². The number of rotatable bonds is 5. The number of nitrogens with two attached hydrogens (primary N) is 1. The van der Waals surface area contributed by atoms with Gasteiger partial charge < -0.3 is 15.2 Å². The molecule has 92 valence electrons. The number of benzene rings is 1. The third-order valence-corrected chi connectivity index (χ3v) is 2.06. The van der Waals surface area contributed by atoms with E-state index in [0.717, 1.165) is 5.56 Å². The lowest BCUT2D eigenvalue weighted by Crippen LogP contribution is -2.35. The zero-order valence-electron chi connectivity index (χ0n) is 9.59. The van der Waals surface area contributed by atoms with Crippen molar-refractivity contribution in [2.45, 2.75) is 19.4 Å². The summed E-state index contributed by atoms with van der Waals surface area (Å²) in [4.78, 5) is 21.8. The lowest BCUT2D eigenvalue weighted by Gasteiger charge is -2.11. The van der Waals surface area contributed by atoms with Crippen LogP contribution in [0.5, 0.6) is 0 Å². The lowest BCUT2D eigenvalue weighted by molar-refractivity contribution is -0.166. The van der Waals surface area contributed by atoms with Gasteiger partial charge in [-0.1, -0.05) is 30.3 Å². The Balaban J connectivity index is 2.34. The fourth-order valence-electron chi connectivity index (χ4n) is 1.23. The number of esters is 2. The third-order valence-electron chi connectivity index (χ3n) is 2.06. The Morgan fingerprint density at radius 2 is 1.88 bits per heavy atom. The molecule has 1 aromatic carbocycles. The molecular weight excluding hydrogens is 222 g/mol. The molecule has 0 spiro atoms. The van der Waals surface area contributed by atoms with Gasteiger partial charge in [0.1, 0.15) is 6.04 Å². The zero-order chi connectivity index (χ0) is 12.7. The van der Waals surface area contributed by atoms with Gasteiger partial charge in [0.25, 0.3) is 0 Å². The molecule has 0 saturated heterocycles. The van der Waals surface area contributed by atoms with Crippen LogP contribution in [-0.4, -0.2) is 24.8 Å².